The van der Waals surface area contributed by atoms with E-state index in [1.165, 1.54) is 10.4 Å². The number of rotatable bonds is 6. The van der Waals surface area contributed by atoms with Crippen LogP contribution < -0.4 is 10.4 Å². The van der Waals surface area contributed by atoms with Gasteiger partial charge in [-0.3, -0.25) is 0 Å². The number of ether oxygens (including phenoxy) is 2. The van der Waals surface area contributed by atoms with E-state index in [1.807, 2.05) is 26.0 Å². The van der Waals surface area contributed by atoms with Gasteiger partial charge in [0.15, 0.2) is 5.79 Å². The fraction of sp³-hybridized carbons (Fsp3) is 0.500. The minimum absolute atomic E-state index is 0.141. The molecule has 0 amide bonds. The third-order valence-corrected chi connectivity index (χ3v) is 10.7. The summed E-state index contributed by atoms with van der Waals surface area (Å²) >= 11 is 0. The maximum Gasteiger partial charge on any atom is 0.261 e. The molecule has 0 aliphatic carbocycles. The van der Waals surface area contributed by atoms with Gasteiger partial charge in [-0.05, 0) is 36.2 Å². The van der Waals surface area contributed by atoms with Crippen molar-refractivity contribution in [1.82, 2.24) is 0 Å². The van der Waals surface area contributed by atoms with Crippen molar-refractivity contribution in [3.63, 3.8) is 0 Å². The molecule has 2 atom stereocenters. The Labute approximate surface area is 176 Å². The standard InChI is InChI=1S/C24H34O4Si/c1-22(2,3)29(19-13-9-7-10-14-19,20-15-11-8-12-16-20)27-18-24(6,25)21-17-26-23(4,5)28-21/h7-16,21,25H,17-18H2,1-6H3/t21-,24?/m0/s1. The van der Waals surface area contributed by atoms with Crippen LogP contribution in [-0.2, 0) is 13.9 Å². The molecule has 0 saturated carbocycles. The molecule has 2 aromatic rings. The molecule has 0 bridgehead atoms. The van der Waals surface area contributed by atoms with Crippen molar-refractivity contribution in [2.45, 2.75) is 64.1 Å². The van der Waals surface area contributed by atoms with Gasteiger partial charge in [-0.1, -0.05) is 81.4 Å². The zero-order valence-electron chi connectivity index (χ0n) is 18.4. The van der Waals surface area contributed by atoms with E-state index in [9.17, 15) is 5.11 Å². The zero-order valence-corrected chi connectivity index (χ0v) is 19.4. The highest BCUT2D eigenvalue weighted by molar-refractivity contribution is 6.99. The van der Waals surface area contributed by atoms with Crippen molar-refractivity contribution in [3.05, 3.63) is 60.7 Å². The number of hydrogen-bond donors (Lipinski definition) is 1. The van der Waals surface area contributed by atoms with Crippen LogP contribution in [0.3, 0.4) is 0 Å². The predicted molar refractivity (Wildman–Crippen MR) is 119 cm³/mol. The van der Waals surface area contributed by atoms with Gasteiger partial charge in [-0.15, -0.1) is 0 Å². The van der Waals surface area contributed by atoms with Gasteiger partial charge >= 0.3 is 0 Å². The van der Waals surface area contributed by atoms with Crippen LogP contribution in [0.4, 0.5) is 0 Å². The summed E-state index contributed by atoms with van der Waals surface area (Å²) in [5.74, 6) is -0.688. The van der Waals surface area contributed by atoms with Gasteiger partial charge in [0, 0.05) is 0 Å². The number of aliphatic hydroxyl groups is 1. The van der Waals surface area contributed by atoms with Crippen LogP contribution in [0.5, 0.6) is 0 Å². The van der Waals surface area contributed by atoms with Crippen LogP contribution in [-0.4, -0.2) is 44.1 Å². The van der Waals surface area contributed by atoms with Gasteiger partial charge in [-0.25, -0.2) is 0 Å². The van der Waals surface area contributed by atoms with Crippen molar-refractivity contribution in [3.8, 4) is 0 Å². The summed E-state index contributed by atoms with van der Waals surface area (Å²) in [5.41, 5.74) is -1.17. The van der Waals surface area contributed by atoms with Crippen LogP contribution in [0.1, 0.15) is 41.5 Å². The fourth-order valence-corrected chi connectivity index (χ4v) is 8.77. The van der Waals surface area contributed by atoms with Crippen LogP contribution >= 0.6 is 0 Å². The normalized spacial score (nSPS) is 21.7. The first-order chi connectivity index (χ1) is 13.5. The Kier molecular flexibility index (Phi) is 6.10. The van der Waals surface area contributed by atoms with Gasteiger partial charge in [0.25, 0.3) is 8.32 Å². The smallest absolute Gasteiger partial charge is 0.261 e. The molecule has 3 rings (SSSR count). The third kappa shape index (κ3) is 4.49. The van der Waals surface area contributed by atoms with Gasteiger partial charge in [0.2, 0.25) is 0 Å². The Balaban J connectivity index is 2.00. The SMILES string of the molecule is CC1(C)OC[C@@H](C(C)(O)CO[Si](c2ccccc2)(c2ccccc2)C(C)(C)C)O1. The molecule has 0 radical (unpaired) electrons. The van der Waals surface area contributed by atoms with E-state index in [1.54, 1.807) is 6.92 Å². The quantitative estimate of drug-likeness (QED) is 0.736. The van der Waals surface area contributed by atoms with Crippen molar-refractivity contribution < 1.29 is 19.0 Å². The highest BCUT2D eigenvalue weighted by Crippen LogP contribution is 2.38. The second-order valence-electron chi connectivity index (χ2n) is 9.63. The summed E-state index contributed by atoms with van der Waals surface area (Å²) in [6, 6.07) is 20.9. The first-order valence-electron chi connectivity index (χ1n) is 10.3. The second-order valence-corrected chi connectivity index (χ2v) is 13.9. The highest BCUT2D eigenvalue weighted by Gasteiger charge is 2.52. The van der Waals surface area contributed by atoms with E-state index in [-0.39, 0.29) is 11.6 Å². The van der Waals surface area contributed by atoms with Crippen LogP contribution in [0.2, 0.25) is 5.04 Å². The molecule has 1 aliphatic heterocycles. The summed E-state index contributed by atoms with van der Waals surface area (Å²) in [6.45, 7) is 12.7. The Morgan fingerprint density at radius 2 is 1.45 bits per heavy atom. The largest absolute Gasteiger partial charge is 0.404 e. The first kappa shape index (κ1) is 22.2. The van der Waals surface area contributed by atoms with E-state index in [2.05, 4.69) is 69.3 Å². The lowest BCUT2D eigenvalue weighted by Crippen LogP contribution is -2.68. The number of benzene rings is 2. The molecular formula is C24H34O4Si. The lowest BCUT2D eigenvalue weighted by Gasteiger charge is -2.45. The van der Waals surface area contributed by atoms with Gasteiger partial charge in [0.05, 0.1) is 13.2 Å². The van der Waals surface area contributed by atoms with E-state index in [0.29, 0.717) is 6.61 Å². The summed E-state index contributed by atoms with van der Waals surface area (Å²) in [7, 11) is -2.70. The molecule has 1 N–H and O–H groups in total. The molecule has 0 spiro atoms. The summed E-state index contributed by atoms with van der Waals surface area (Å²) in [4.78, 5) is 0. The Morgan fingerprint density at radius 1 is 0.966 bits per heavy atom. The Morgan fingerprint density at radius 3 is 1.83 bits per heavy atom. The van der Waals surface area contributed by atoms with Crippen molar-refractivity contribution in [2.24, 2.45) is 0 Å². The predicted octanol–water partition coefficient (Wildman–Crippen LogP) is 3.47. The molecule has 1 saturated heterocycles. The molecule has 158 valence electrons. The summed E-state index contributed by atoms with van der Waals surface area (Å²) in [5, 5.41) is 13.5. The summed E-state index contributed by atoms with van der Waals surface area (Å²) < 4.78 is 18.5. The zero-order chi connectivity index (χ0) is 21.3. The highest BCUT2D eigenvalue weighted by atomic mass is 28.4. The lowest BCUT2D eigenvalue weighted by molar-refractivity contribution is -0.172. The minimum Gasteiger partial charge on any atom is -0.404 e. The second kappa shape index (κ2) is 7.97. The average molecular weight is 415 g/mol. The fourth-order valence-electron chi connectivity index (χ4n) is 4.10. The van der Waals surface area contributed by atoms with E-state index < -0.39 is 25.8 Å². The molecule has 2 aromatic carbocycles. The summed E-state index contributed by atoms with van der Waals surface area (Å²) in [6.07, 6.45) is -0.435. The lowest BCUT2D eigenvalue weighted by atomic mass is 10.0. The molecule has 0 aromatic heterocycles. The topological polar surface area (TPSA) is 47.9 Å². The molecule has 5 heteroatoms. The van der Waals surface area contributed by atoms with Crippen molar-refractivity contribution >= 4 is 18.7 Å². The maximum atomic E-state index is 11.3. The molecule has 4 nitrogen and oxygen atoms in total. The molecule has 29 heavy (non-hydrogen) atoms. The maximum absolute atomic E-state index is 11.3. The average Bonchev–Trinajstić information content (AvgIpc) is 3.04. The molecule has 1 fully saturated rings. The number of hydrogen-bond acceptors (Lipinski definition) is 4. The van der Waals surface area contributed by atoms with Gasteiger partial charge in [-0.2, -0.15) is 0 Å². The van der Waals surface area contributed by atoms with Crippen molar-refractivity contribution in [2.75, 3.05) is 13.2 Å². The minimum atomic E-state index is -2.70. The van der Waals surface area contributed by atoms with Crippen LogP contribution in [0.15, 0.2) is 60.7 Å². The van der Waals surface area contributed by atoms with E-state index in [4.69, 9.17) is 13.9 Å². The molecular weight excluding hydrogens is 380 g/mol. The Hall–Kier alpha value is -1.50. The monoisotopic (exact) mass is 414 g/mol. The van der Waals surface area contributed by atoms with Gasteiger partial charge < -0.3 is 19.0 Å². The first-order valence-corrected chi connectivity index (χ1v) is 12.2. The molecule has 1 aliphatic rings. The van der Waals surface area contributed by atoms with E-state index in [0.717, 1.165) is 0 Å². The van der Waals surface area contributed by atoms with Crippen molar-refractivity contribution in [1.29, 1.82) is 0 Å². The van der Waals surface area contributed by atoms with E-state index >= 15 is 0 Å². The molecule has 1 unspecified atom stereocenters. The van der Waals surface area contributed by atoms with Gasteiger partial charge in [0.1, 0.15) is 11.7 Å². The third-order valence-electron chi connectivity index (χ3n) is 5.70. The Bertz CT molecular complexity index is 757. The molecule has 1 heterocycles. The van der Waals surface area contributed by atoms with Crippen LogP contribution in [0.25, 0.3) is 0 Å². The van der Waals surface area contributed by atoms with Crippen LogP contribution in [0, 0.1) is 0 Å².